The van der Waals surface area contributed by atoms with E-state index in [4.69, 9.17) is 4.74 Å². The first-order valence-electron chi connectivity index (χ1n) is 9.53. The number of aromatic nitrogens is 2. The second kappa shape index (κ2) is 9.17. The summed E-state index contributed by atoms with van der Waals surface area (Å²) in [7, 11) is -3.51. The predicted octanol–water partition coefficient (Wildman–Crippen LogP) is 1.99. The van der Waals surface area contributed by atoms with Gasteiger partial charge in [-0.2, -0.15) is 4.31 Å². The van der Waals surface area contributed by atoms with Crippen LogP contribution < -0.4 is 5.32 Å². The number of imidazole rings is 1. The van der Waals surface area contributed by atoms with E-state index < -0.39 is 10.0 Å². The van der Waals surface area contributed by atoms with Gasteiger partial charge in [0.25, 0.3) is 0 Å². The maximum atomic E-state index is 12.6. The van der Waals surface area contributed by atoms with E-state index in [0.29, 0.717) is 38.0 Å². The molecular formula is C20H22N4O4S2. The van der Waals surface area contributed by atoms with E-state index in [9.17, 15) is 13.2 Å². The van der Waals surface area contributed by atoms with Crippen LogP contribution in [0, 0.1) is 0 Å². The van der Waals surface area contributed by atoms with Crippen LogP contribution in [-0.2, 0) is 26.1 Å². The number of H-pyrrole nitrogens is 1. The van der Waals surface area contributed by atoms with Crippen LogP contribution in [0.1, 0.15) is 5.56 Å². The third-order valence-electron chi connectivity index (χ3n) is 4.73. The Balaban J connectivity index is 1.28. The van der Waals surface area contributed by atoms with E-state index in [-0.39, 0.29) is 16.6 Å². The minimum absolute atomic E-state index is 0.120. The van der Waals surface area contributed by atoms with Gasteiger partial charge in [0.2, 0.25) is 15.9 Å². The fourth-order valence-electron chi connectivity index (χ4n) is 3.10. The van der Waals surface area contributed by atoms with E-state index in [0.717, 1.165) is 16.6 Å². The number of carbonyl (C=O) groups is 1. The maximum Gasteiger partial charge on any atom is 0.243 e. The monoisotopic (exact) mass is 446 g/mol. The standard InChI is InChI=1S/C20H22N4O4S2/c25-19(14-29-20-22-17-3-1-2-4-18(17)23-20)21-13-15-5-7-16(8-6-15)30(26,27)24-9-11-28-12-10-24/h1-8H,9-14H2,(H,21,25)(H,22,23). The van der Waals surface area contributed by atoms with Crippen LogP contribution in [0.3, 0.4) is 0 Å². The lowest BCUT2D eigenvalue weighted by atomic mass is 10.2. The number of para-hydroxylation sites is 2. The summed E-state index contributed by atoms with van der Waals surface area (Å²) in [4.78, 5) is 20.0. The highest BCUT2D eigenvalue weighted by Crippen LogP contribution is 2.19. The summed E-state index contributed by atoms with van der Waals surface area (Å²) in [5.74, 6) is 0.119. The number of thioether (sulfide) groups is 1. The molecule has 10 heteroatoms. The third kappa shape index (κ3) is 4.84. The highest BCUT2D eigenvalue weighted by molar-refractivity contribution is 7.99. The molecule has 1 saturated heterocycles. The topological polar surface area (TPSA) is 104 Å². The fourth-order valence-corrected chi connectivity index (χ4v) is 5.22. The summed E-state index contributed by atoms with van der Waals surface area (Å²) in [6.07, 6.45) is 0. The van der Waals surface area contributed by atoms with E-state index >= 15 is 0 Å². The Hall–Kier alpha value is -2.40. The van der Waals surface area contributed by atoms with Crippen molar-refractivity contribution in [3.63, 3.8) is 0 Å². The molecule has 8 nitrogen and oxygen atoms in total. The first-order valence-corrected chi connectivity index (χ1v) is 12.0. The molecule has 2 aromatic carbocycles. The van der Waals surface area contributed by atoms with Gasteiger partial charge in [0.15, 0.2) is 5.16 Å². The van der Waals surface area contributed by atoms with Crippen molar-refractivity contribution in [3.8, 4) is 0 Å². The number of amides is 1. The number of aromatic amines is 1. The minimum atomic E-state index is -3.51. The van der Waals surface area contributed by atoms with Gasteiger partial charge in [0.05, 0.1) is 34.9 Å². The summed E-state index contributed by atoms with van der Waals surface area (Å²) in [5.41, 5.74) is 2.64. The molecule has 0 bridgehead atoms. The molecule has 1 aliphatic heterocycles. The molecule has 0 spiro atoms. The van der Waals surface area contributed by atoms with Gasteiger partial charge < -0.3 is 15.0 Å². The van der Waals surface area contributed by atoms with Crippen LogP contribution in [0.5, 0.6) is 0 Å². The molecule has 30 heavy (non-hydrogen) atoms. The van der Waals surface area contributed by atoms with Crippen LogP contribution in [0.15, 0.2) is 58.6 Å². The fraction of sp³-hybridized carbons (Fsp3) is 0.300. The van der Waals surface area contributed by atoms with Crippen molar-refractivity contribution >= 4 is 38.7 Å². The van der Waals surface area contributed by atoms with Gasteiger partial charge in [-0.25, -0.2) is 13.4 Å². The van der Waals surface area contributed by atoms with Crippen LogP contribution >= 0.6 is 11.8 Å². The highest BCUT2D eigenvalue weighted by Gasteiger charge is 2.26. The number of hydrogen-bond donors (Lipinski definition) is 2. The summed E-state index contributed by atoms with van der Waals surface area (Å²) in [6.45, 7) is 1.88. The second-order valence-corrected chi connectivity index (χ2v) is 9.69. The average molecular weight is 447 g/mol. The van der Waals surface area contributed by atoms with Crippen LogP contribution in [0.25, 0.3) is 11.0 Å². The third-order valence-corrected chi connectivity index (χ3v) is 7.51. The number of benzene rings is 2. The van der Waals surface area contributed by atoms with Crippen molar-refractivity contribution in [2.45, 2.75) is 16.6 Å². The predicted molar refractivity (Wildman–Crippen MR) is 115 cm³/mol. The van der Waals surface area contributed by atoms with Gasteiger partial charge in [-0.05, 0) is 29.8 Å². The van der Waals surface area contributed by atoms with Crippen molar-refractivity contribution in [1.82, 2.24) is 19.6 Å². The first kappa shape index (κ1) is 20.9. The molecule has 1 aliphatic rings. The molecule has 2 N–H and O–H groups in total. The zero-order valence-corrected chi connectivity index (χ0v) is 17.8. The number of fused-ring (bicyclic) bond motifs is 1. The Bertz CT molecular complexity index is 1090. The molecule has 2 heterocycles. The van der Waals surface area contributed by atoms with E-state index in [1.54, 1.807) is 24.3 Å². The normalized spacial score (nSPS) is 15.3. The molecule has 0 radical (unpaired) electrons. The van der Waals surface area contributed by atoms with Gasteiger partial charge in [-0.1, -0.05) is 36.0 Å². The zero-order chi connectivity index (χ0) is 21.0. The van der Waals surface area contributed by atoms with Crippen molar-refractivity contribution in [3.05, 3.63) is 54.1 Å². The molecule has 0 aliphatic carbocycles. The molecular weight excluding hydrogens is 424 g/mol. The van der Waals surface area contributed by atoms with Crippen molar-refractivity contribution in [1.29, 1.82) is 0 Å². The number of hydrogen-bond acceptors (Lipinski definition) is 6. The molecule has 1 fully saturated rings. The van der Waals surface area contributed by atoms with E-state index in [1.807, 2.05) is 24.3 Å². The molecule has 0 atom stereocenters. The number of nitrogens with one attached hydrogen (secondary N) is 2. The number of morpholine rings is 1. The van der Waals surface area contributed by atoms with Gasteiger partial charge in [0.1, 0.15) is 0 Å². The number of carbonyl (C=O) groups excluding carboxylic acids is 1. The van der Waals surface area contributed by atoms with Crippen LogP contribution in [0.2, 0.25) is 0 Å². The second-order valence-electron chi connectivity index (χ2n) is 6.78. The minimum Gasteiger partial charge on any atom is -0.379 e. The number of ether oxygens (including phenoxy) is 1. The summed E-state index contributed by atoms with van der Waals surface area (Å²) in [6, 6.07) is 14.3. The van der Waals surface area contributed by atoms with Crippen LogP contribution in [-0.4, -0.2) is 60.7 Å². The van der Waals surface area contributed by atoms with Crippen molar-refractivity contribution < 1.29 is 17.9 Å². The molecule has 3 aromatic rings. The SMILES string of the molecule is O=C(CSc1nc2ccccc2[nH]1)NCc1ccc(S(=O)(=O)N2CCOCC2)cc1. The zero-order valence-electron chi connectivity index (χ0n) is 16.2. The van der Waals surface area contributed by atoms with Gasteiger partial charge in [-0.15, -0.1) is 0 Å². The smallest absolute Gasteiger partial charge is 0.243 e. The summed E-state index contributed by atoms with van der Waals surface area (Å²) >= 11 is 1.34. The molecule has 0 unspecified atom stereocenters. The molecule has 158 valence electrons. The van der Waals surface area contributed by atoms with Gasteiger partial charge in [-0.3, -0.25) is 4.79 Å². The Morgan fingerprint density at radius 2 is 1.87 bits per heavy atom. The molecule has 1 aromatic heterocycles. The van der Waals surface area contributed by atoms with Gasteiger partial charge in [0, 0.05) is 19.6 Å². The number of nitrogens with zero attached hydrogens (tertiary/aromatic N) is 2. The van der Waals surface area contributed by atoms with Crippen molar-refractivity contribution in [2.75, 3.05) is 32.1 Å². The lowest BCUT2D eigenvalue weighted by molar-refractivity contribution is -0.118. The molecule has 0 saturated carbocycles. The van der Waals surface area contributed by atoms with Crippen molar-refractivity contribution in [2.24, 2.45) is 0 Å². The van der Waals surface area contributed by atoms with Crippen LogP contribution in [0.4, 0.5) is 0 Å². The van der Waals surface area contributed by atoms with E-state index in [2.05, 4.69) is 15.3 Å². The first-order chi connectivity index (χ1) is 14.5. The quantitative estimate of drug-likeness (QED) is 0.538. The number of sulfonamides is 1. The number of rotatable bonds is 7. The average Bonchev–Trinajstić information content (AvgIpc) is 3.20. The highest BCUT2D eigenvalue weighted by atomic mass is 32.2. The van der Waals surface area contributed by atoms with Gasteiger partial charge >= 0.3 is 0 Å². The summed E-state index contributed by atoms with van der Waals surface area (Å²) < 4.78 is 31.9. The molecule has 4 rings (SSSR count). The Labute approximate surface area is 179 Å². The Kier molecular flexibility index (Phi) is 6.38. The Morgan fingerprint density at radius 1 is 1.13 bits per heavy atom. The summed E-state index contributed by atoms with van der Waals surface area (Å²) in [5, 5.41) is 3.54. The largest absolute Gasteiger partial charge is 0.379 e. The lowest BCUT2D eigenvalue weighted by Crippen LogP contribution is -2.40. The molecule has 1 amide bonds. The lowest BCUT2D eigenvalue weighted by Gasteiger charge is -2.26. The van der Waals surface area contributed by atoms with E-state index in [1.165, 1.54) is 16.1 Å². The Morgan fingerprint density at radius 3 is 2.60 bits per heavy atom. The maximum absolute atomic E-state index is 12.6.